The zero-order valence-electron chi connectivity index (χ0n) is 11.9. The van der Waals surface area contributed by atoms with Crippen LogP contribution in [0.5, 0.6) is 0 Å². The minimum absolute atomic E-state index is 0.0567. The van der Waals surface area contributed by atoms with E-state index in [2.05, 4.69) is 5.32 Å². The third-order valence-electron chi connectivity index (χ3n) is 2.96. The van der Waals surface area contributed by atoms with Gasteiger partial charge in [0.05, 0.1) is 16.9 Å². The maximum atomic E-state index is 13.6. The molecule has 130 valence electrons. The molecule has 0 aliphatic carbocycles. The van der Waals surface area contributed by atoms with Gasteiger partial charge in [-0.25, -0.2) is 22.0 Å². The molecule has 2 nitrogen and oxygen atoms in total. The van der Waals surface area contributed by atoms with E-state index < -0.39 is 40.1 Å². The van der Waals surface area contributed by atoms with E-state index >= 15 is 0 Å². The van der Waals surface area contributed by atoms with Crippen molar-refractivity contribution in [2.24, 2.45) is 0 Å². The van der Waals surface area contributed by atoms with E-state index in [9.17, 15) is 27.1 Å². The third kappa shape index (κ3) is 4.12. The zero-order chi connectivity index (χ0) is 17.9. The van der Waals surface area contributed by atoms with Gasteiger partial charge in [0, 0.05) is 17.1 Å². The predicted molar refractivity (Wildman–Crippen MR) is 82.0 cm³/mol. The average Bonchev–Trinajstić information content (AvgIpc) is 2.60. The molecule has 2 rings (SSSR count). The molecule has 1 atom stereocenters. The van der Waals surface area contributed by atoms with Gasteiger partial charge < -0.3 is 10.4 Å². The van der Waals surface area contributed by atoms with Crippen LogP contribution in [0.4, 0.5) is 27.6 Å². The first-order chi connectivity index (χ1) is 11.3. The highest BCUT2D eigenvalue weighted by molar-refractivity contribution is 7.99. The number of nitrogens with one attached hydrogen (secondary N) is 1. The second-order valence-electron chi connectivity index (χ2n) is 4.71. The molecule has 0 amide bonds. The predicted octanol–water partition coefficient (Wildman–Crippen LogP) is 4.54. The fraction of sp³-hybridized carbons (Fsp3) is 0.200. The summed E-state index contributed by atoms with van der Waals surface area (Å²) >= 11 is 5.87. The number of alkyl halides is 1. The number of anilines is 1. The van der Waals surface area contributed by atoms with Crippen LogP contribution in [0.1, 0.15) is 0 Å². The van der Waals surface area contributed by atoms with Crippen molar-refractivity contribution < 1.29 is 27.1 Å². The number of aliphatic hydroxyl groups excluding tert-OH is 1. The van der Waals surface area contributed by atoms with Crippen LogP contribution in [-0.4, -0.2) is 23.6 Å². The minimum Gasteiger partial charge on any atom is -0.390 e. The van der Waals surface area contributed by atoms with Crippen LogP contribution >= 0.6 is 23.4 Å². The van der Waals surface area contributed by atoms with Crippen LogP contribution in [0.15, 0.2) is 34.1 Å². The molecule has 2 aromatic rings. The van der Waals surface area contributed by atoms with E-state index in [1.807, 2.05) is 0 Å². The van der Waals surface area contributed by atoms with Gasteiger partial charge in [0.2, 0.25) is 5.82 Å². The Labute approximate surface area is 143 Å². The van der Waals surface area contributed by atoms with Crippen molar-refractivity contribution >= 4 is 29.1 Å². The van der Waals surface area contributed by atoms with Gasteiger partial charge >= 0.3 is 0 Å². The van der Waals surface area contributed by atoms with Gasteiger partial charge in [0.1, 0.15) is 0 Å². The lowest BCUT2D eigenvalue weighted by Crippen LogP contribution is -2.20. The molecule has 0 saturated carbocycles. The smallest absolute Gasteiger partial charge is 0.200 e. The fourth-order valence-corrected chi connectivity index (χ4v) is 2.70. The van der Waals surface area contributed by atoms with E-state index in [1.54, 1.807) is 0 Å². The fourth-order valence-electron chi connectivity index (χ4n) is 1.72. The van der Waals surface area contributed by atoms with Crippen LogP contribution < -0.4 is 5.32 Å². The van der Waals surface area contributed by atoms with Gasteiger partial charge in [0.15, 0.2) is 23.3 Å². The molecular weight excluding hydrogens is 373 g/mol. The lowest BCUT2D eigenvalue weighted by molar-refractivity contribution is 0.211. The van der Waals surface area contributed by atoms with E-state index in [0.29, 0.717) is 17.4 Å². The summed E-state index contributed by atoms with van der Waals surface area (Å²) in [6, 6.07) is 5.96. The lowest BCUT2D eigenvalue weighted by Gasteiger charge is -2.11. The quantitative estimate of drug-likeness (QED) is 0.332. The normalized spacial score (nSPS) is 12.3. The van der Waals surface area contributed by atoms with E-state index in [0.717, 1.165) is 0 Å². The van der Waals surface area contributed by atoms with Crippen LogP contribution in [0, 0.1) is 29.1 Å². The summed E-state index contributed by atoms with van der Waals surface area (Å²) in [4.78, 5) is -0.689. The maximum Gasteiger partial charge on any atom is 0.200 e. The molecule has 9 heteroatoms. The van der Waals surface area contributed by atoms with E-state index in [1.165, 1.54) is 24.3 Å². The summed E-state index contributed by atoms with van der Waals surface area (Å²) in [6.45, 7) is 0.202. The topological polar surface area (TPSA) is 32.3 Å². The van der Waals surface area contributed by atoms with Crippen molar-refractivity contribution in [1.29, 1.82) is 0 Å². The Morgan fingerprint density at radius 1 is 0.917 bits per heavy atom. The van der Waals surface area contributed by atoms with Gasteiger partial charge in [-0.05, 0) is 24.3 Å². The highest BCUT2D eigenvalue weighted by Gasteiger charge is 2.26. The largest absolute Gasteiger partial charge is 0.390 e. The lowest BCUT2D eigenvalue weighted by atomic mass is 10.3. The monoisotopic (exact) mass is 383 g/mol. The molecule has 2 aromatic carbocycles. The average molecular weight is 384 g/mol. The van der Waals surface area contributed by atoms with Gasteiger partial charge in [0.25, 0.3) is 0 Å². The van der Waals surface area contributed by atoms with Gasteiger partial charge in [-0.15, -0.1) is 11.6 Å². The molecule has 0 radical (unpaired) electrons. The molecule has 24 heavy (non-hydrogen) atoms. The number of benzene rings is 2. The maximum absolute atomic E-state index is 13.6. The Bertz CT molecular complexity index is 700. The molecule has 0 aromatic heterocycles. The van der Waals surface area contributed by atoms with Gasteiger partial charge in [-0.1, -0.05) is 11.8 Å². The third-order valence-corrected chi connectivity index (χ3v) is 4.39. The molecule has 0 fully saturated rings. The van der Waals surface area contributed by atoms with Crippen molar-refractivity contribution in [3.05, 3.63) is 53.4 Å². The summed E-state index contributed by atoms with van der Waals surface area (Å²) in [5.41, 5.74) is 0.598. The molecular formula is C15H11ClF5NOS. The van der Waals surface area contributed by atoms with Crippen LogP contribution in [-0.2, 0) is 0 Å². The summed E-state index contributed by atoms with van der Waals surface area (Å²) in [5.74, 6) is -9.84. The molecule has 2 N–H and O–H groups in total. The SMILES string of the molecule is OC(CCl)CNc1ccc(Sc2c(F)c(F)c(F)c(F)c2F)cc1. The first-order valence-electron chi connectivity index (χ1n) is 6.62. The molecule has 0 aliphatic heterocycles. The number of hydrogen-bond acceptors (Lipinski definition) is 3. The van der Waals surface area contributed by atoms with Crippen molar-refractivity contribution in [2.75, 3.05) is 17.7 Å². The summed E-state index contributed by atoms with van der Waals surface area (Å²) in [6.07, 6.45) is -0.742. The number of hydrogen-bond donors (Lipinski definition) is 2. The summed E-state index contributed by atoms with van der Waals surface area (Å²) < 4.78 is 66.6. The van der Waals surface area contributed by atoms with Crippen molar-refractivity contribution in [3.63, 3.8) is 0 Å². The molecule has 0 spiro atoms. The molecule has 0 bridgehead atoms. The number of halogens is 6. The Kier molecular flexibility index (Phi) is 6.31. The minimum atomic E-state index is -2.19. The first-order valence-corrected chi connectivity index (χ1v) is 7.97. The van der Waals surface area contributed by atoms with Crippen LogP contribution in [0.2, 0.25) is 0 Å². The van der Waals surface area contributed by atoms with Crippen molar-refractivity contribution in [1.82, 2.24) is 0 Å². The zero-order valence-corrected chi connectivity index (χ0v) is 13.5. The number of aliphatic hydroxyl groups is 1. The van der Waals surface area contributed by atoms with Crippen LogP contribution in [0.3, 0.4) is 0 Å². The second kappa shape index (κ2) is 8.04. The second-order valence-corrected chi connectivity index (χ2v) is 6.11. The Morgan fingerprint density at radius 3 is 1.92 bits per heavy atom. The molecule has 0 saturated heterocycles. The first kappa shape index (κ1) is 18.8. The standard InChI is InChI=1S/C15H11ClF5NOS/c16-5-8(23)6-22-7-1-3-9(4-2-7)24-15-13(20)11(18)10(17)12(19)14(15)21/h1-4,8,22-23H,5-6H2. The highest BCUT2D eigenvalue weighted by Crippen LogP contribution is 2.35. The Morgan fingerprint density at radius 2 is 1.42 bits per heavy atom. The Balaban J connectivity index is 2.18. The summed E-state index contributed by atoms with van der Waals surface area (Å²) in [7, 11) is 0. The Hall–Kier alpha value is -1.51. The van der Waals surface area contributed by atoms with Crippen LogP contribution in [0.25, 0.3) is 0 Å². The van der Waals surface area contributed by atoms with Crippen molar-refractivity contribution in [2.45, 2.75) is 15.9 Å². The van der Waals surface area contributed by atoms with Gasteiger partial charge in [-0.2, -0.15) is 0 Å². The highest BCUT2D eigenvalue weighted by atomic mass is 35.5. The van der Waals surface area contributed by atoms with Crippen molar-refractivity contribution in [3.8, 4) is 0 Å². The molecule has 0 aliphatic rings. The molecule has 0 heterocycles. The molecule has 1 unspecified atom stereocenters. The van der Waals surface area contributed by atoms with Gasteiger partial charge in [-0.3, -0.25) is 0 Å². The number of rotatable bonds is 6. The van der Waals surface area contributed by atoms with E-state index in [-0.39, 0.29) is 17.3 Å². The van der Waals surface area contributed by atoms with E-state index in [4.69, 9.17) is 11.6 Å². The summed E-state index contributed by atoms with van der Waals surface area (Å²) in [5, 5.41) is 12.2.